The molecule has 1 fully saturated rings. The number of aliphatic hydroxyl groups excluding tert-OH is 1. The fourth-order valence-corrected chi connectivity index (χ4v) is 2.87. The molecule has 3 rings (SSSR count). The Morgan fingerprint density at radius 1 is 1.36 bits per heavy atom. The summed E-state index contributed by atoms with van der Waals surface area (Å²) in [4.78, 5) is 4.22. The minimum atomic E-state index is -0.999. The topological polar surface area (TPSA) is 58.3 Å². The molecular weight excluding hydrogens is 290 g/mol. The molecular formula is C16H20F2N2O2. The minimum Gasteiger partial charge on any atom is -0.437 e. The molecule has 2 unspecified atom stereocenters. The fraction of sp³-hybridized carbons (Fsp3) is 0.562. The number of nitrogens with zero attached hydrogens (tertiary/aromatic N) is 1. The van der Waals surface area contributed by atoms with Crippen LogP contribution in [0, 0.1) is 11.6 Å². The Labute approximate surface area is 127 Å². The van der Waals surface area contributed by atoms with Crippen molar-refractivity contribution in [1.82, 2.24) is 10.3 Å². The van der Waals surface area contributed by atoms with Crippen LogP contribution >= 0.6 is 0 Å². The lowest BCUT2D eigenvalue weighted by Crippen LogP contribution is -2.35. The molecule has 0 amide bonds. The minimum absolute atomic E-state index is 0.00470. The summed E-state index contributed by atoms with van der Waals surface area (Å²) in [6, 6.07) is 1.44. The second-order valence-electron chi connectivity index (χ2n) is 6.20. The summed E-state index contributed by atoms with van der Waals surface area (Å²) in [5, 5.41) is 12.9. The van der Waals surface area contributed by atoms with E-state index in [1.54, 1.807) is 0 Å². The van der Waals surface area contributed by atoms with Crippen LogP contribution in [0.2, 0.25) is 0 Å². The molecule has 0 aliphatic heterocycles. The number of benzene rings is 1. The van der Waals surface area contributed by atoms with Gasteiger partial charge in [-0.05, 0) is 25.3 Å². The molecule has 1 heterocycles. The maximum atomic E-state index is 14.1. The predicted molar refractivity (Wildman–Crippen MR) is 78.5 cm³/mol. The number of hydrogen-bond donors (Lipinski definition) is 2. The van der Waals surface area contributed by atoms with Crippen LogP contribution in [-0.2, 0) is 6.54 Å². The monoisotopic (exact) mass is 310 g/mol. The lowest BCUT2D eigenvalue weighted by molar-refractivity contribution is 0.148. The number of halogens is 2. The molecule has 6 heteroatoms. The zero-order valence-corrected chi connectivity index (χ0v) is 12.7. The van der Waals surface area contributed by atoms with Gasteiger partial charge in [-0.25, -0.2) is 9.37 Å². The maximum Gasteiger partial charge on any atom is 0.203 e. The summed E-state index contributed by atoms with van der Waals surface area (Å²) in [5.74, 6) is -1.52. The van der Waals surface area contributed by atoms with Crippen LogP contribution in [0.4, 0.5) is 8.78 Å². The lowest BCUT2D eigenvalue weighted by Gasteiger charge is -2.16. The van der Waals surface area contributed by atoms with E-state index in [4.69, 9.17) is 4.42 Å². The van der Waals surface area contributed by atoms with E-state index < -0.39 is 17.7 Å². The Hall–Kier alpha value is -1.53. The lowest BCUT2D eigenvalue weighted by atomic mass is 10.1. The normalized spacial score (nSPS) is 22.1. The van der Waals surface area contributed by atoms with Crippen LogP contribution in [0.3, 0.4) is 0 Å². The van der Waals surface area contributed by atoms with E-state index in [-0.39, 0.29) is 29.7 Å². The van der Waals surface area contributed by atoms with E-state index in [0.29, 0.717) is 11.4 Å². The first-order chi connectivity index (χ1) is 10.5. The molecule has 0 bridgehead atoms. The van der Waals surface area contributed by atoms with Gasteiger partial charge in [0, 0.05) is 24.1 Å². The van der Waals surface area contributed by atoms with Crippen LogP contribution < -0.4 is 5.32 Å². The first kappa shape index (κ1) is 15.4. The van der Waals surface area contributed by atoms with E-state index in [1.807, 2.05) is 13.8 Å². The zero-order valence-electron chi connectivity index (χ0n) is 12.7. The Morgan fingerprint density at radius 2 is 2.14 bits per heavy atom. The molecule has 0 spiro atoms. The van der Waals surface area contributed by atoms with Crippen molar-refractivity contribution >= 4 is 11.1 Å². The first-order valence-corrected chi connectivity index (χ1v) is 7.66. The molecule has 2 atom stereocenters. The predicted octanol–water partition coefficient (Wildman–Crippen LogP) is 3.23. The molecule has 2 N–H and O–H groups in total. The summed E-state index contributed by atoms with van der Waals surface area (Å²) in [7, 11) is 0. The van der Waals surface area contributed by atoms with Gasteiger partial charge >= 0.3 is 0 Å². The van der Waals surface area contributed by atoms with E-state index in [9.17, 15) is 13.9 Å². The fourth-order valence-electron chi connectivity index (χ4n) is 2.87. The molecule has 0 saturated heterocycles. The Kier molecular flexibility index (Phi) is 4.14. The van der Waals surface area contributed by atoms with Gasteiger partial charge in [-0.1, -0.05) is 13.8 Å². The Morgan fingerprint density at radius 3 is 2.77 bits per heavy atom. The average Bonchev–Trinajstić information content (AvgIpc) is 3.08. The van der Waals surface area contributed by atoms with Crippen molar-refractivity contribution < 1.29 is 18.3 Å². The molecule has 1 aromatic carbocycles. The van der Waals surface area contributed by atoms with Crippen molar-refractivity contribution in [3.05, 3.63) is 29.2 Å². The van der Waals surface area contributed by atoms with E-state index in [0.717, 1.165) is 19.3 Å². The van der Waals surface area contributed by atoms with Gasteiger partial charge in [-0.15, -0.1) is 0 Å². The second kappa shape index (κ2) is 5.93. The van der Waals surface area contributed by atoms with Gasteiger partial charge < -0.3 is 14.8 Å². The summed E-state index contributed by atoms with van der Waals surface area (Å²) >= 11 is 0. The quantitative estimate of drug-likeness (QED) is 0.910. The number of aliphatic hydroxyl groups is 1. The Balaban J connectivity index is 1.87. The van der Waals surface area contributed by atoms with Gasteiger partial charge in [0.15, 0.2) is 17.3 Å². The van der Waals surface area contributed by atoms with Gasteiger partial charge in [0.1, 0.15) is 5.52 Å². The van der Waals surface area contributed by atoms with Crippen molar-refractivity contribution in [3.8, 4) is 0 Å². The van der Waals surface area contributed by atoms with Crippen molar-refractivity contribution in [2.75, 3.05) is 0 Å². The molecule has 4 nitrogen and oxygen atoms in total. The van der Waals surface area contributed by atoms with Crippen LogP contribution in [0.5, 0.6) is 0 Å². The highest BCUT2D eigenvalue weighted by molar-refractivity contribution is 5.74. The molecule has 1 aromatic heterocycles. The summed E-state index contributed by atoms with van der Waals surface area (Å²) in [6.07, 6.45) is 2.11. The third-order valence-corrected chi connectivity index (χ3v) is 4.18. The van der Waals surface area contributed by atoms with Crippen LogP contribution in [-0.4, -0.2) is 22.2 Å². The number of aromatic nitrogens is 1. The molecule has 2 aromatic rings. The van der Waals surface area contributed by atoms with E-state index >= 15 is 0 Å². The molecule has 0 radical (unpaired) electrons. The smallest absolute Gasteiger partial charge is 0.203 e. The van der Waals surface area contributed by atoms with E-state index in [2.05, 4.69) is 10.3 Å². The second-order valence-corrected chi connectivity index (χ2v) is 6.20. The molecule has 120 valence electrons. The number of nitrogens with one attached hydrogen (secondary N) is 1. The van der Waals surface area contributed by atoms with E-state index in [1.165, 1.54) is 6.07 Å². The van der Waals surface area contributed by atoms with Crippen LogP contribution in [0.25, 0.3) is 11.1 Å². The maximum absolute atomic E-state index is 14.1. The highest BCUT2D eigenvalue weighted by Gasteiger charge is 2.26. The summed E-state index contributed by atoms with van der Waals surface area (Å²) < 4.78 is 33.6. The standard InChI is InChI=1S/C16H20F2N2O2/c1-8(2)16-20-11-6-9(13(17)14(18)15(11)22-16)7-19-10-4-3-5-12(10)21/h6,8,10,12,19,21H,3-5,7H2,1-2H3. The SMILES string of the molecule is CC(C)c1nc2cc(CNC3CCCC3O)c(F)c(F)c2o1. The highest BCUT2D eigenvalue weighted by atomic mass is 19.2. The molecule has 1 aliphatic carbocycles. The summed E-state index contributed by atoms with van der Waals surface area (Å²) in [5.41, 5.74) is 0.393. The highest BCUT2D eigenvalue weighted by Crippen LogP contribution is 2.27. The largest absolute Gasteiger partial charge is 0.437 e. The Bertz CT molecular complexity index is 684. The third kappa shape index (κ3) is 2.73. The number of oxazole rings is 1. The van der Waals surface area contributed by atoms with Crippen molar-refractivity contribution in [2.24, 2.45) is 0 Å². The van der Waals surface area contributed by atoms with Gasteiger partial charge in [0.05, 0.1) is 6.10 Å². The zero-order chi connectivity index (χ0) is 15.9. The summed E-state index contributed by atoms with van der Waals surface area (Å²) in [6.45, 7) is 3.91. The van der Waals surface area contributed by atoms with Gasteiger partial charge in [0.2, 0.25) is 5.82 Å². The van der Waals surface area contributed by atoms with Crippen LogP contribution in [0.1, 0.15) is 50.5 Å². The van der Waals surface area contributed by atoms with Gasteiger partial charge in [0.25, 0.3) is 0 Å². The first-order valence-electron chi connectivity index (χ1n) is 7.66. The van der Waals surface area contributed by atoms with Crippen molar-refractivity contribution in [2.45, 2.75) is 57.7 Å². The number of fused-ring (bicyclic) bond motifs is 1. The molecule has 1 aliphatic rings. The number of hydrogen-bond acceptors (Lipinski definition) is 4. The van der Waals surface area contributed by atoms with Crippen molar-refractivity contribution in [3.63, 3.8) is 0 Å². The van der Waals surface area contributed by atoms with Gasteiger partial charge in [-0.2, -0.15) is 4.39 Å². The average molecular weight is 310 g/mol. The number of rotatable bonds is 4. The molecule has 1 saturated carbocycles. The molecule has 22 heavy (non-hydrogen) atoms. The van der Waals surface area contributed by atoms with Gasteiger partial charge in [-0.3, -0.25) is 0 Å². The third-order valence-electron chi connectivity index (χ3n) is 4.18. The van der Waals surface area contributed by atoms with Crippen LogP contribution in [0.15, 0.2) is 10.5 Å². The van der Waals surface area contributed by atoms with Crippen molar-refractivity contribution in [1.29, 1.82) is 0 Å².